The van der Waals surface area contributed by atoms with Crippen molar-refractivity contribution in [2.75, 3.05) is 42.7 Å². The molecule has 0 bridgehead atoms. The topological polar surface area (TPSA) is 86.2 Å². The fourth-order valence-electron chi connectivity index (χ4n) is 1.56. The molecule has 7 nitrogen and oxygen atoms in total. The van der Waals surface area contributed by atoms with Crippen molar-refractivity contribution in [1.29, 1.82) is 0 Å². The van der Waals surface area contributed by atoms with Crippen LogP contribution in [-0.4, -0.2) is 53.3 Å². The second-order valence-corrected chi connectivity index (χ2v) is 5.02. The van der Waals surface area contributed by atoms with Crippen LogP contribution in [0.5, 0.6) is 0 Å². The van der Waals surface area contributed by atoms with Crippen molar-refractivity contribution in [2.24, 2.45) is 0 Å². The lowest BCUT2D eigenvalue weighted by molar-refractivity contribution is 0.183. The van der Waals surface area contributed by atoms with Crippen LogP contribution in [-0.2, 0) is 0 Å². The summed E-state index contributed by atoms with van der Waals surface area (Å²) in [4.78, 5) is 14.9. The molecule has 1 aromatic heterocycles. The zero-order valence-corrected chi connectivity index (χ0v) is 12.8. The van der Waals surface area contributed by atoms with Crippen LogP contribution >= 0.6 is 0 Å². The van der Waals surface area contributed by atoms with Crippen molar-refractivity contribution in [1.82, 2.24) is 15.0 Å². The maximum atomic E-state index is 9.22. The first kappa shape index (κ1) is 16.4. The zero-order valence-electron chi connectivity index (χ0n) is 12.8. The molecule has 0 spiro atoms. The smallest absolute Gasteiger partial charge is 0.231 e. The zero-order chi connectivity index (χ0) is 15.0. The van der Waals surface area contributed by atoms with Crippen LogP contribution in [0.4, 0.5) is 17.8 Å². The van der Waals surface area contributed by atoms with E-state index in [-0.39, 0.29) is 6.10 Å². The maximum absolute atomic E-state index is 9.22. The predicted octanol–water partition coefficient (Wildman–Crippen LogP) is 1.33. The largest absolute Gasteiger partial charge is 0.393 e. The van der Waals surface area contributed by atoms with Crippen LogP contribution in [0.15, 0.2) is 0 Å². The number of aliphatic hydroxyl groups is 1. The molecule has 0 aliphatic carbocycles. The van der Waals surface area contributed by atoms with E-state index in [0.717, 1.165) is 32.4 Å². The van der Waals surface area contributed by atoms with Gasteiger partial charge in [0.25, 0.3) is 0 Å². The second kappa shape index (κ2) is 8.52. The molecule has 1 rings (SSSR count). The molecular weight excluding hydrogens is 256 g/mol. The molecule has 114 valence electrons. The van der Waals surface area contributed by atoms with Gasteiger partial charge in [-0.3, -0.25) is 0 Å². The van der Waals surface area contributed by atoms with Gasteiger partial charge in [0, 0.05) is 27.2 Å². The number of aromatic nitrogens is 3. The summed E-state index contributed by atoms with van der Waals surface area (Å²) < 4.78 is 0. The van der Waals surface area contributed by atoms with Crippen molar-refractivity contribution in [3.05, 3.63) is 0 Å². The summed E-state index contributed by atoms with van der Waals surface area (Å²) in [5, 5.41) is 15.6. The molecule has 1 heterocycles. The first-order valence-electron chi connectivity index (χ1n) is 7.12. The van der Waals surface area contributed by atoms with Crippen LogP contribution < -0.4 is 15.5 Å². The van der Waals surface area contributed by atoms with E-state index in [4.69, 9.17) is 0 Å². The van der Waals surface area contributed by atoms with E-state index < -0.39 is 0 Å². The Hall–Kier alpha value is -1.63. The molecule has 0 aliphatic rings. The van der Waals surface area contributed by atoms with Gasteiger partial charge >= 0.3 is 0 Å². The van der Waals surface area contributed by atoms with Gasteiger partial charge < -0.3 is 20.6 Å². The number of nitrogens with zero attached hydrogens (tertiary/aromatic N) is 4. The highest BCUT2D eigenvalue weighted by atomic mass is 16.3. The standard InChI is InChI=1S/C13H26N6O/c1-5-8-14-11-16-12(15-9-6-7-10(2)20)18-13(17-11)19(3)4/h10,20H,5-9H2,1-4H3,(H2,14,15,16,17,18). The van der Waals surface area contributed by atoms with Gasteiger partial charge in [0.1, 0.15) is 0 Å². The Morgan fingerprint density at radius 3 is 2.20 bits per heavy atom. The third-order valence-corrected chi connectivity index (χ3v) is 2.64. The van der Waals surface area contributed by atoms with E-state index in [2.05, 4.69) is 32.5 Å². The highest BCUT2D eigenvalue weighted by Crippen LogP contribution is 2.11. The molecule has 3 N–H and O–H groups in total. The third-order valence-electron chi connectivity index (χ3n) is 2.64. The van der Waals surface area contributed by atoms with E-state index in [1.807, 2.05) is 19.0 Å². The molecule has 0 saturated carbocycles. The normalized spacial score (nSPS) is 12.1. The van der Waals surface area contributed by atoms with E-state index in [1.54, 1.807) is 6.92 Å². The Bertz CT molecular complexity index is 396. The number of aliphatic hydroxyl groups excluding tert-OH is 1. The van der Waals surface area contributed by atoms with Gasteiger partial charge in [0.05, 0.1) is 6.10 Å². The molecule has 0 fully saturated rings. The summed E-state index contributed by atoms with van der Waals surface area (Å²) in [5.41, 5.74) is 0. The Morgan fingerprint density at radius 2 is 1.70 bits per heavy atom. The first-order chi connectivity index (χ1) is 9.52. The predicted molar refractivity (Wildman–Crippen MR) is 82.3 cm³/mol. The number of hydrogen-bond donors (Lipinski definition) is 3. The van der Waals surface area contributed by atoms with Gasteiger partial charge in [-0.25, -0.2) is 0 Å². The summed E-state index contributed by atoms with van der Waals surface area (Å²) in [6.45, 7) is 5.45. The summed E-state index contributed by atoms with van der Waals surface area (Å²) in [6.07, 6.45) is 2.38. The summed E-state index contributed by atoms with van der Waals surface area (Å²) in [7, 11) is 3.80. The van der Waals surface area contributed by atoms with Crippen molar-refractivity contribution >= 4 is 17.8 Å². The second-order valence-electron chi connectivity index (χ2n) is 5.02. The Labute approximate surface area is 120 Å². The van der Waals surface area contributed by atoms with E-state index in [9.17, 15) is 5.11 Å². The lowest BCUT2D eigenvalue weighted by atomic mass is 10.2. The first-order valence-corrected chi connectivity index (χ1v) is 7.12. The van der Waals surface area contributed by atoms with Crippen LogP contribution in [0.2, 0.25) is 0 Å². The Morgan fingerprint density at radius 1 is 1.10 bits per heavy atom. The van der Waals surface area contributed by atoms with Crippen LogP contribution in [0.25, 0.3) is 0 Å². The molecule has 0 aromatic carbocycles. The van der Waals surface area contributed by atoms with Crippen LogP contribution in [0.3, 0.4) is 0 Å². The van der Waals surface area contributed by atoms with Crippen molar-refractivity contribution < 1.29 is 5.11 Å². The minimum absolute atomic E-state index is 0.269. The molecule has 0 aliphatic heterocycles. The molecule has 1 atom stereocenters. The Kier molecular flexibility index (Phi) is 7.00. The fourth-order valence-corrected chi connectivity index (χ4v) is 1.56. The van der Waals surface area contributed by atoms with E-state index in [0.29, 0.717) is 17.8 Å². The molecule has 1 aromatic rings. The summed E-state index contributed by atoms with van der Waals surface area (Å²) in [5.74, 6) is 1.77. The quantitative estimate of drug-likeness (QED) is 0.589. The molecule has 7 heteroatoms. The maximum Gasteiger partial charge on any atom is 0.231 e. The lowest BCUT2D eigenvalue weighted by Crippen LogP contribution is -2.18. The van der Waals surface area contributed by atoms with Gasteiger partial charge in [-0.15, -0.1) is 0 Å². The SMILES string of the molecule is CCCNc1nc(NCCCC(C)O)nc(N(C)C)n1. The molecular formula is C13H26N6O. The van der Waals surface area contributed by atoms with Gasteiger partial charge in [-0.2, -0.15) is 15.0 Å². The minimum atomic E-state index is -0.269. The van der Waals surface area contributed by atoms with Gasteiger partial charge in [0.2, 0.25) is 17.8 Å². The van der Waals surface area contributed by atoms with Crippen LogP contribution in [0.1, 0.15) is 33.1 Å². The highest BCUT2D eigenvalue weighted by molar-refractivity contribution is 5.42. The highest BCUT2D eigenvalue weighted by Gasteiger charge is 2.07. The third kappa shape index (κ3) is 6.01. The van der Waals surface area contributed by atoms with Gasteiger partial charge in [0.15, 0.2) is 0 Å². The van der Waals surface area contributed by atoms with Gasteiger partial charge in [-0.05, 0) is 26.2 Å². The lowest BCUT2D eigenvalue weighted by Gasteiger charge is -2.14. The molecule has 20 heavy (non-hydrogen) atoms. The van der Waals surface area contributed by atoms with Crippen LogP contribution in [0, 0.1) is 0 Å². The van der Waals surface area contributed by atoms with Crippen molar-refractivity contribution in [3.8, 4) is 0 Å². The van der Waals surface area contributed by atoms with Gasteiger partial charge in [-0.1, -0.05) is 6.92 Å². The number of nitrogens with one attached hydrogen (secondary N) is 2. The van der Waals surface area contributed by atoms with E-state index >= 15 is 0 Å². The minimum Gasteiger partial charge on any atom is -0.393 e. The van der Waals surface area contributed by atoms with Crippen molar-refractivity contribution in [2.45, 2.75) is 39.2 Å². The average molecular weight is 282 g/mol. The Balaban J connectivity index is 2.65. The fraction of sp³-hybridized carbons (Fsp3) is 0.769. The molecule has 1 unspecified atom stereocenters. The van der Waals surface area contributed by atoms with E-state index in [1.165, 1.54) is 0 Å². The molecule has 0 saturated heterocycles. The molecule has 0 radical (unpaired) electrons. The monoisotopic (exact) mass is 282 g/mol. The van der Waals surface area contributed by atoms with Crippen molar-refractivity contribution in [3.63, 3.8) is 0 Å². The summed E-state index contributed by atoms with van der Waals surface area (Å²) in [6, 6.07) is 0. The number of hydrogen-bond acceptors (Lipinski definition) is 7. The average Bonchev–Trinajstić information content (AvgIpc) is 2.41. The molecule has 0 amide bonds. The number of anilines is 3. The summed E-state index contributed by atoms with van der Waals surface area (Å²) >= 11 is 0. The number of rotatable bonds is 9.